The van der Waals surface area contributed by atoms with Crippen molar-refractivity contribution in [1.29, 1.82) is 0 Å². The largest absolute Gasteiger partial charge is 0.478 e. The fourth-order valence-electron chi connectivity index (χ4n) is 3.83. The Balaban J connectivity index is 2.00. The third-order valence-corrected chi connectivity index (χ3v) is 9.61. The fraction of sp³-hybridized carbons (Fsp3) is 0.600. The van der Waals surface area contributed by atoms with Crippen LogP contribution in [0.3, 0.4) is 0 Å². The highest BCUT2D eigenvalue weighted by molar-refractivity contribution is 8.02. The van der Waals surface area contributed by atoms with Crippen LogP contribution >= 0.6 is 11.8 Å². The number of hydrogen-bond acceptors (Lipinski definition) is 9. The zero-order chi connectivity index (χ0) is 27.9. The number of hydroxylamine groups is 1. The molecule has 10 nitrogen and oxygen atoms in total. The number of nitrogens with one attached hydrogen (secondary N) is 3. The molecule has 0 radical (unpaired) electrons. The van der Waals surface area contributed by atoms with Gasteiger partial charge in [-0.25, -0.2) is 18.7 Å². The third kappa shape index (κ3) is 7.54. The summed E-state index contributed by atoms with van der Waals surface area (Å²) in [5.74, 6) is 5.97. The number of sulfone groups is 1. The number of unbranched alkanes of at least 4 members (excludes halogenated alkanes) is 1. The summed E-state index contributed by atoms with van der Waals surface area (Å²) in [7, 11) is -4.25. The minimum atomic E-state index is -4.25. The number of thioether (sulfide) groups is 1. The predicted molar refractivity (Wildman–Crippen MR) is 142 cm³/mol. The van der Waals surface area contributed by atoms with E-state index in [0.717, 1.165) is 0 Å². The van der Waals surface area contributed by atoms with Crippen LogP contribution in [0.4, 0.5) is 4.79 Å². The maximum Gasteiger partial charge on any atom is 0.407 e. The Labute approximate surface area is 223 Å². The molecule has 1 aliphatic heterocycles. The Morgan fingerprint density at radius 2 is 1.89 bits per heavy atom. The Morgan fingerprint density at radius 3 is 2.46 bits per heavy atom. The van der Waals surface area contributed by atoms with Crippen LogP contribution in [0.1, 0.15) is 54.4 Å². The van der Waals surface area contributed by atoms with Gasteiger partial charge in [0.15, 0.2) is 6.10 Å². The molecule has 1 unspecified atom stereocenters. The fourth-order valence-corrected chi connectivity index (χ4v) is 7.49. The van der Waals surface area contributed by atoms with E-state index < -0.39 is 43.2 Å². The van der Waals surface area contributed by atoms with Gasteiger partial charge in [0.2, 0.25) is 14.7 Å². The summed E-state index contributed by atoms with van der Waals surface area (Å²) in [6.07, 6.45) is 0.281. The minimum Gasteiger partial charge on any atom is -0.478 e. The lowest BCUT2D eigenvalue weighted by molar-refractivity contribution is -0.133. The van der Waals surface area contributed by atoms with Crippen LogP contribution in [0.2, 0.25) is 0 Å². The first-order valence-corrected chi connectivity index (χ1v) is 14.4. The van der Waals surface area contributed by atoms with E-state index in [-0.39, 0.29) is 11.4 Å². The maximum absolute atomic E-state index is 13.7. The summed E-state index contributed by atoms with van der Waals surface area (Å²) in [4.78, 5) is 22.2. The van der Waals surface area contributed by atoms with Gasteiger partial charge >= 0.3 is 6.09 Å². The Hall–Kier alpha value is -2.46. The normalized spacial score (nSPS) is 20.1. The second kappa shape index (κ2) is 12.4. The molecule has 2 rings (SSSR count). The lowest BCUT2D eigenvalue weighted by Crippen LogP contribution is -2.73. The molecule has 1 saturated heterocycles. The van der Waals surface area contributed by atoms with Crippen molar-refractivity contribution in [3.05, 3.63) is 24.3 Å². The van der Waals surface area contributed by atoms with Crippen LogP contribution < -0.4 is 20.9 Å². The molecule has 1 aromatic carbocycles. The average molecular weight is 556 g/mol. The monoisotopic (exact) mass is 555 g/mol. The summed E-state index contributed by atoms with van der Waals surface area (Å²) >= 11 is 1.34. The van der Waals surface area contributed by atoms with Gasteiger partial charge in [-0.15, -0.1) is 0 Å². The number of ether oxygens (including phenoxy) is 2. The lowest BCUT2D eigenvalue weighted by Gasteiger charge is -2.47. The first-order valence-electron chi connectivity index (χ1n) is 12.0. The van der Waals surface area contributed by atoms with Crippen molar-refractivity contribution in [1.82, 2.24) is 16.1 Å². The second-order valence-corrected chi connectivity index (χ2v) is 13.8. The number of benzene rings is 1. The number of carbonyl (C=O) groups excluding carboxylic acids is 2. The van der Waals surface area contributed by atoms with E-state index in [1.165, 1.54) is 41.5 Å². The number of amides is 2. The van der Waals surface area contributed by atoms with Gasteiger partial charge in [-0.3, -0.25) is 15.3 Å². The predicted octanol–water partition coefficient (Wildman–Crippen LogP) is 2.85. The molecule has 206 valence electrons. The van der Waals surface area contributed by atoms with Gasteiger partial charge in [0.1, 0.15) is 11.4 Å². The Kier molecular flexibility index (Phi) is 10.3. The van der Waals surface area contributed by atoms with E-state index in [1.54, 1.807) is 41.5 Å². The van der Waals surface area contributed by atoms with Gasteiger partial charge in [-0.1, -0.05) is 11.8 Å². The molecule has 12 heteroatoms. The molecule has 1 heterocycles. The molecule has 37 heavy (non-hydrogen) atoms. The molecule has 0 saturated carbocycles. The molecule has 1 fully saturated rings. The lowest BCUT2D eigenvalue weighted by atomic mass is 10.0. The van der Waals surface area contributed by atoms with Gasteiger partial charge in [-0.2, -0.15) is 11.8 Å². The molecule has 2 amide bonds. The number of carbonyl (C=O) groups is 2. The minimum absolute atomic E-state index is 0.0808. The molecule has 0 aromatic heterocycles. The van der Waals surface area contributed by atoms with E-state index in [9.17, 15) is 23.2 Å². The summed E-state index contributed by atoms with van der Waals surface area (Å²) in [6.45, 7) is 11.2. The first kappa shape index (κ1) is 30.8. The molecule has 0 bridgehead atoms. The van der Waals surface area contributed by atoms with Crippen molar-refractivity contribution < 1.29 is 32.7 Å². The zero-order valence-corrected chi connectivity index (χ0v) is 23.8. The van der Waals surface area contributed by atoms with E-state index in [1.807, 2.05) is 0 Å². The molecule has 0 spiro atoms. The standard InChI is InChI=1S/C25H37N3O7S2/c1-18(10-8-7-9-15-26-22(30)35-23(2,3)4)34-19-11-13-20(14-12-19)37(32,33)25(21(29)28-31)24(5,6)36-17-16-27-25/h11-14,18,27,31H,7,9,15-17H2,1-6H3,(H,26,30)(H,28,29)/t18?,25-/m0/s1. The first-order chi connectivity index (χ1) is 17.2. The summed E-state index contributed by atoms with van der Waals surface area (Å²) in [5.41, 5.74) is 0.986. The summed E-state index contributed by atoms with van der Waals surface area (Å²) in [6, 6.07) is 5.75. The molecule has 2 atom stereocenters. The van der Waals surface area contributed by atoms with E-state index in [2.05, 4.69) is 22.5 Å². The molecule has 0 aliphatic carbocycles. The third-order valence-electron chi connectivity index (χ3n) is 5.51. The average Bonchev–Trinajstić information content (AvgIpc) is 2.79. The van der Waals surface area contributed by atoms with Gasteiger partial charge < -0.3 is 14.8 Å². The second-order valence-electron chi connectivity index (χ2n) is 10.00. The van der Waals surface area contributed by atoms with Crippen LogP contribution in [0, 0.1) is 11.8 Å². The van der Waals surface area contributed by atoms with Crippen molar-refractivity contribution in [2.45, 2.75) is 80.6 Å². The van der Waals surface area contributed by atoms with Crippen LogP contribution in [0.15, 0.2) is 29.2 Å². The molecular weight excluding hydrogens is 518 g/mol. The highest BCUT2D eigenvalue weighted by Gasteiger charge is 2.62. The van der Waals surface area contributed by atoms with Crippen molar-refractivity contribution in [2.75, 3.05) is 18.8 Å². The van der Waals surface area contributed by atoms with Crippen LogP contribution in [0.25, 0.3) is 0 Å². The highest BCUT2D eigenvalue weighted by atomic mass is 32.2. The van der Waals surface area contributed by atoms with E-state index in [4.69, 9.17) is 9.47 Å². The van der Waals surface area contributed by atoms with Crippen molar-refractivity contribution in [3.8, 4) is 17.6 Å². The maximum atomic E-state index is 13.7. The molecular formula is C25H37N3O7S2. The zero-order valence-electron chi connectivity index (χ0n) is 22.1. The highest BCUT2D eigenvalue weighted by Crippen LogP contribution is 2.44. The van der Waals surface area contributed by atoms with Crippen molar-refractivity contribution in [3.63, 3.8) is 0 Å². The topological polar surface area (TPSA) is 143 Å². The van der Waals surface area contributed by atoms with Crippen LogP contribution in [-0.4, -0.2) is 65.8 Å². The SMILES string of the molecule is CC(C#CCCCNC(=O)OC(C)(C)C)Oc1ccc(S(=O)(=O)[C@]2(C(=O)NO)NCCSC2(C)C)cc1. The Morgan fingerprint density at radius 1 is 1.24 bits per heavy atom. The smallest absolute Gasteiger partial charge is 0.407 e. The molecule has 1 aliphatic rings. The van der Waals surface area contributed by atoms with Crippen molar-refractivity contribution in [2.24, 2.45) is 0 Å². The van der Waals surface area contributed by atoms with Gasteiger partial charge in [-0.05, 0) is 72.2 Å². The number of rotatable bonds is 8. The quantitative estimate of drug-likeness (QED) is 0.165. The van der Waals surface area contributed by atoms with Crippen LogP contribution in [0.5, 0.6) is 5.75 Å². The molecule has 1 aromatic rings. The molecule has 4 N–H and O–H groups in total. The summed E-state index contributed by atoms with van der Waals surface area (Å²) in [5, 5.41) is 14.9. The van der Waals surface area contributed by atoms with Crippen molar-refractivity contribution >= 4 is 33.6 Å². The Bertz CT molecular complexity index is 1120. The van der Waals surface area contributed by atoms with Crippen LogP contribution in [-0.2, 0) is 19.4 Å². The van der Waals surface area contributed by atoms with Gasteiger partial charge in [0.05, 0.1) is 9.64 Å². The number of hydrogen-bond donors (Lipinski definition) is 4. The van der Waals surface area contributed by atoms with Gasteiger partial charge in [0.25, 0.3) is 5.91 Å². The summed E-state index contributed by atoms with van der Waals surface area (Å²) < 4.78 is 37.2. The number of alkyl carbamates (subject to hydrolysis) is 1. The van der Waals surface area contributed by atoms with E-state index in [0.29, 0.717) is 30.9 Å². The van der Waals surface area contributed by atoms with Gasteiger partial charge in [0, 0.05) is 25.3 Å². The van der Waals surface area contributed by atoms with E-state index >= 15 is 0 Å².